The normalized spacial score (nSPS) is 23.2. The summed E-state index contributed by atoms with van der Waals surface area (Å²) in [6, 6.07) is 9.45. The van der Waals surface area contributed by atoms with Crippen molar-refractivity contribution < 1.29 is 19.5 Å². The third-order valence-electron chi connectivity index (χ3n) is 5.85. The highest BCUT2D eigenvalue weighted by molar-refractivity contribution is 5.86. The summed E-state index contributed by atoms with van der Waals surface area (Å²) >= 11 is 0. The Balaban J connectivity index is 1.52. The number of carboxylic acid groups (broad SMARTS) is 1. The predicted molar refractivity (Wildman–Crippen MR) is 101 cm³/mol. The fourth-order valence-electron chi connectivity index (χ4n) is 4.31. The highest BCUT2D eigenvalue weighted by Crippen LogP contribution is 2.33. The number of amides is 2. The summed E-state index contributed by atoms with van der Waals surface area (Å²) in [7, 11) is 0. The highest BCUT2D eigenvalue weighted by atomic mass is 16.4. The molecule has 6 nitrogen and oxygen atoms in total. The minimum atomic E-state index is -0.888. The SMILES string of the molecule is O=C(CC1CCCCC1)NCC(=O)N1CC(C(=O)O)C(c2ccccc2)C1. The Hall–Kier alpha value is -2.37. The van der Waals surface area contributed by atoms with E-state index in [1.807, 2.05) is 30.3 Å². The van der Waals surface area contributed by atoms with Crippen LogP contribution in [0.4, 0.5) is 0 Å². The van der Waals surface area contributed by atoms with Crippen molar-refractivity contribution in [3.63, 3.8) is 0 Å². The molecule has 1 saturated heterocycles. The van der Waals surface area contributed by atoms with Crippen molar-refractivity contribution in [3.05, 3.63) is 35.9 Å². The molecule has 6 heteroatoms. The monoisotopic (exact) mass is 372 g/mol. The van der Waals surface area contributed by atoms with Gasteiger partial charge in [-0.3, -0.25) is 14.4 Å². The summed E-state index contributed by atoms with van der Waals surface area (Å²) in [5.41, 5.74) is 0.932. The number of carbonyl (C=O) groups is 3. The largest absolute Gasteiger partial charge is 0.481 e. The summed E-state index contributed by atoms with van der Waals surface area (Å²) in [6.45, 7) is 0.504. The molecule has 1 heterocycles. The molecule has 2 amide bonds. The Morgan fingerprint density at radius 1 is 1.04 bits per heavy atom. The van der Waals surface area contributed by atoms with Gasteiger partial charge in [-0.2, -0.15) is 0 Å². The van der Waals surface area contributed by atoms with Gasteiger partial charge < -0.3 is 15.3 Å². The quantitative estimate of drug-likeness (QED) is 0.803. The lowest BCUT2D eigenvalue weighted by molar-refractivity contribution is -0.142. The minimum Gasteiger partial charge on any atom is -0.481 e. The maximum atomic E-state index is 12.5. The van der Waals surface area contributed by atoms with E-state index >= 15 is 0 Å². The third-order valence-corrected chi connectivity index (χ3v) is 5.85. The number of benzene rings is 1. The smallest absolute Gasteiger partial charge is 0.308 e. The van der Waals surface area contributed by atoms with E-state index in [1.54, 1.807) is 4.90 Å². The molecule has 2 aliphatic rings. The van der Waals surface area contributed by atoms with Crippen LogP contribution in [0.25, 0.3) is 0 Å². The van der Waals surface area contributed by atoms with Crippen LogP contribution in [0.2, 0.25) is 0 Å². The Kier molecular flexibility index (Phi) is 6.48. The standard InChI is InChI=1S/C21H28N2O4/c24-19(11-15-7-3-1-4-8-15)22-12-20(25)23-13-17(18(14-23)21(26)27)16-9-5-2-6-10-16/h2,5-6,9-10,15,17-18H,1,3-4,7-8,11-14H2,(H,22,24)(H,26,27). The molecule has 1 aromatic carbocycles. The summed E-state index contributed by atoms with van der Waals surface area (Å²) in [6.07, 6.45) is 6.28. The molecular weight excluding hydrogens is 344 g/mol. The number of likely N-dealkylation sites (tertiary alicyclic amines) is 1. The van der Waals surface area contributed by atoms with Gasteiger partial charge in [0.15, 0.2) is 0 Å². The van der Waals surface area contributed by atoms with Gasteiger partial charge in [0.25, 0.3) is 0 Å². The van der Waals surface area contributed by atoms with Gasteiger partial charge in [-0.15, -0.1) is 0 Å². The number of nitrogens with zero attached hydrogens (tertiary/aromatic N) is 1. The summed E-state index contributed by atoms with van der Waals surface area (Å²) in [4.78, 5) is 37.8. The minimum absolute atomic E-state index is 0.0561. The van der Waals surface area contributed by atoms with Crippen LogP contribution < -0.4 is 5.32 Å². The fraction of sp³-hybridized carbons (Fsp3) is 0.571. The molecule has 0 bridgehead atoms. The van der Waals surface area contributed by atoms with E-state index in [-0.39, 0.29) is 30.8 Å². The molecule has 0 spiro atoms. The van der Waals surface area contributed by atoms with Crippen LogP contribution in [-0.2, 0) is 14.4 Å². The van der Waals surface area contributed by atoms with Gasteiger partial charge in [0.1, 0.15) is 0 Å². The van der Waals surface area contributed by atoms with Gasteiger partial charge in [0.2, 0.25) is 11.8 Å². The second kappa shape index (κ2) is 9.02. The van der Waals surface area contributed by atoms with E-state index in [9.17, 15) is 19.5 Å². The second-order valence-corrected chi connectivity index (χ2v) is 7.75. The lowest BCUT2D eigenvalue weighted by Gasteiger charge is -2.21. The van der Waals surface area contributed by atoms with Crippen LogP contribution in [-0.4, -0.2) is 47.4 Å². The first-order valence-corrected chi connectivity index (χ1v) is 9.87. The van der Waals surface area contributed by atoms with Gasteiger partial charge in [-0.05, 0) is 24.3 Å². The molecule has 3 rings (SSSR count). The number of nitrogens with one attached hydrogen (secondary N) is 1. The van der Waals surface area contributed by atoms with Gasteiger partial charge >= 0.3 is 5.97 Å². The van der Waals surface area contributed by atoms with E-state index in [0.717, 1.165) is 18.4 Å². The van der Waals surface area contributed by atoms with Gasteiger partial charge in [-0.25, -0.2) is 0 Å². The molecule has 2 unspecified atom stereocenters. The van der Waals surface area contributed by atoms with Crippen molar-refractivity contribution in [1.82, 2.24) is 10.2 Å². The van der Waals surface area contributed by atoms with Crippen molar-refractivity contribution >= 4 is 17.8 Å². The predicted octanol–water partition coefficient (Wildman–Crippen LogP) is 2.40. The lowest BCUT2D eigenvalue weighted by atomic mass is 9.87. The van der Waals surface area contributed by atoms with Gasteiger partial charge in [0, 0.05) is 25.4 Å². The van der Waals surface area contributed by atoms with Crippen molar-refractivity contribution in [3.8, 4) is 0 Å². The summed E-state index contributed by atoms with van der Waals surface area (Å²) in [5, 5.41) is 12.3. The molecule has 2 fully saturated rings. The molecule has 0 radical (unpaired) electrons. The van der Waals surface area contributed by atoms with Gasteiger partial charge in [-0.1, -0.05) is 49.6 Å². The highest BCUT2D eigenvalue weighted by Gasteiger charge is 2.40. The average Bonchev–Trinajstić information content (AvgIpc) is 3.13. The zero-order valence-electron chi connectivity index (χ0n) is 15.6. The zero-order valence-corrected chi connectivity index (χ0v) is 15.6. The number of hydrogen-bond acceptors (Lipinski definition) is 3. The van der Waals surface area contributed by atoms with E-state index in [1.165, 1.54) is 19.3 Å². The van der Waals surface area contributed by atoms with E-state index < -0.39 is 11.9 Å². The number of aliphatic carboxylic acids is 1. The van der Waals surface area contributed by atoms with E-state index in [0.29, 0.717) is 18.9 Å². The molecule has 27 heavy (non-hydrogen) atoms. The fourth-order valence-corrected chi connectivity index (χ4v) is 4.31. The van der Waals surface area contributed by atoms with E-state index in [4.69, 9.17) is 0 Å². The van der Waals surface area contributed by atoms with Gasteiger partial charge in [0.05, 0.1) is 12.5 Å². The van der Waals surface area contributed by atoms with Crippen LogP contribution in [0.1, 0.15) is 50.0 Å². The number of carbonyl (C=O) groups excluding carboxylic acids is 2. The van der Waals surface area contributed by atoms with Crippen LogP contribution in [0.5, 0.6) is 0 Å². The van der Waals surface area contributed by atoms with Crippen LogP contribution >= 0.6 is 0 Å². The molecule has 1 aliphatic carbocycles. The molecule has 1 aliphatic heterocycles. The number of hydrogen-bond donors (Lipinski definition) is 2. The van der Waals surface area contributed by atoms with Crippen LogP contribution in [0.15, 0.2) is 30.3 Å². The van der Waals surface area contributed by atoms with Crippen LogP contribution in [0.3, 0.4) is 0 Å². The first-order valence-electron chi connectivity index (χ1n) is 9.87. The summed E-state index contributed by atoms with van der Waals surface area (Å²) < 4.78 is 0. The summed E-state index contributed by atoms with van der Waals surface area (Å²) in [5.74, 6) is -1.58. The average molecular weight is 372 g/mol. The van der Waals surface area contributed by atoms with Crippen molar-refractivity contribution in [2.75, 3.05) is 19.6 Å². The molecule has 1 aromatic rings. The molecule has 146 valence electrons. The Labute approximate surface area is 159 Å². The van der Waals surface area contributed by atoms with Crippen molar-refractivity contribution in [2.45, 2.75) is 44.4 Å². The molecule has 2 N–H and O–H groups in total. The third kappa shape index (κ3) is 5.08. The Morgan fingerprint density at radius 3 is 2.41 bits per heavy atom. The Bertz CT molecular complexity index is 670. The molecular formula is C21H28N2O4. The molecule has 1 saturated carbocycles. The zero-order chi connectivity index (χ0) is 19.2. The van der Waals surface area contributed by atoms with E-state index in [2.05, 4.69) is 5.32 Å². The molecule has 2 atom stereocenters. The maximum Gasteiger partial charge on any atom is 0.308 e. The maximum absolute atomic E-state index is 12.5. The first kappa shape index (κ1) is 19.4. The second-order valence-electron chi connectivity index (χ2n) is 7.75. The Morgan fingerprint density at radius 2 is 1.74 bits per heavy atom. The van der Waals surface area contributed by atoms with Crippen molar-refractivity contribution in [1.29, 1.82) is 0 Å². The number of carboxylic acids is 1. The van der Waals surface area contributed by atoms with Crippen molar-refractivity contribution in [2.24, 2.45) is 11.8 Å². The topological polar surface area (TPSA) is 86.7 Å². The lowest BCUT2D eigenvalue weighted by Crippen LogP contribution is -2.40. The molecule has 0 aromatic heterocycles. The number of rotatable bonds is 6. The first-order chi connectivity index (χ1) is 13.0. The van der Waals surface area contributed by atoms with Crippen LogP contribution in [0, 0.1) is 11.8 Å².